The van der Waals surface area contributed by atoms with Crippen molar-refractivity contribution in [2.75, 3.05) is 36.6 Å². The summed E-state index contributed by atoms with van der Waals surface area (Å²) in [4.78, 5) is 28.2. The highest BCUT2D eigenvalue weighted by Crippen LogP contribution is 2.43. The zero-order chi connectivity index (χ0) is 19.4. The monoisotopic (exact) mass is 407 g/mol. The lowest BCUT2D eigenvalue weighted by Gasteiger charge is -2.36. The first-order chi connectivity index (χ1) is 12.9. The molecule has 1 unspecified atom stereocenters. The molecule has 0 aromatic heterocycles. The quantitative estimate of drug-likeness (QED) is 0.346. The van der Waals surface area contributed by atoms with E-state index in [0.717, 1.165) is 55.2 Å². The molecule has 0 amide bonds. The van der Waals surface area contributed by atoms with Gasteiger partial charge >= 0.3 is 0 Å². The van der Waals surface area contributed by atoms with Crippen LogP contribution < -0.4 is 0 Å². The van der Waals surface area contributed by atoms with E-state index in [1.807, 2.05) is 23.5 Å². The highest BCUT2D eigenvalue weighted by Gasteiger charge is 2.40. The Balaban J connectivity index is 1.75. The molecule has 0 aromatic carbocycles. The second-order valence-electron chi connectivity index (χ2n) is 8.83. The third-order valence-corrected chi connectivity index (χ3v) is 7.76. The van der Waals surface area contributed by atoms with Gasteiger partial charge in [-0.15, -0.1) is 0 Å². The maximum atomic E-state index is 13.0. The lowest BCUT2D eigenvalue weighted by atomic mass is 9.75. The van der Waals surface area contributed by atoms with Crippen LogP contribution in [0.4, 0.5) is 0 Å². The summed E-state index contributed by atoms with van der Waals surface area (Å²) in [5, 5.41) is 0. The number of carbonyl (C=O) groups excluding carboxylic acids is 2. The molecule has 0 bridgehead atoms. The van der Waals surface area contributed by atoms with E-state index in [0.29, 0.717) is 12.0 Å². The minimum absolute atomic E-state index is 0.0869. The molecule has 1 heterocycles. The molecular formula is C22H33NO2S2. The van der Waals surface area contributed by atoms with Gasteiger partial charge in [0.2, 0.25) is 0 Å². The number of likely N-dealkylation sites (tertiary alicyclic amines) is 1. The van der Waals surface area contributed by atoms with E-state index in [1.54, 1.807) is 0 Å². The molecule has 2 aliphatic carbocycles. The summed E-state index contributed by atoms with van der Waals surface area (Å²) in [5.41, 5.74) is 3.00. The van der Waals surface area contributed by atoms with Crippen molar-refractivity contribution in [3.63, 3.8) is 0 Å². The SMILES string of the molecule is CSCCSCCC1CC(=O)/C(=C2/C=C(N3CCCC3)CC(C)(C)C2)C1=O. The fraction of sp³-hybridized carbons (Fsp3) is 0.727. The van der Waals surface area contributed by atoms with E-state index in [2.05, 4.69) is 31.1 Å². The molecular weight excluding hydrogens is 374 g/mol. The summed E-state index contributed by atoms with van der Waals surface area (Å²) >= 11 is 3.76. The van der Waals surface area contributed by atoms with Crippen LogP contribution in [0.25, 0.3) is 0 Å². The fourth-order valence-electron chi connectivity index (χ4n) is 4.54. The lowest BCUT2D eigenvalue weighted by Crippen LogP contribution is -2.28. The van der Waals surface area contributed by atoms with E-state index in [4.69, 9.17) is 0 Å². The smallest absolute Gasteiger partial charge is 0.170 e. The molecule has 3 nitrogen and oxygen atoms in total. The van der Waals surface area contributed by atoms with Crippen LogP contribution in [0.2, 0.25) is 0 Å². The third kappa shape index (κ3) is 5.23. The molecule has 1 atom stereocenters. The van der Waals surface area contributed by atoms with Crippen LogP contribution in [0.1, 0.15) is 52.4 Å². The van der Waals surface area contributed by atoms with Crippen molar-refractivity contribution < 1.29 is 9.59 Å². The van der Waals surface area contributed by atoms with Crippen LogP contribution in [0.5, 0.6) is 0 Å². The first-order valence-corrected chi connectivity index (χ1v) is 12.8. The van der Waals surface area contributed by atoms with Gasteiger partial charge in [0, 0.05) is 42.6 Å². The number of rotatable bonds is 7. The van der Waals surface area contributed by atoms with Gasteiger partial charge in [-0.25, -0.2) is 0 Å². The van der Waals surface area contributed by atoms with Crippen molar-refractivity contribution >= 4 is 35.1 Å². The zero-order valence-electron chi connectivity index (χ0n) is 17.0. The van der Waals surface area contributed by atoms with E-state index in [-0.39, 0.29) is 22.9 Å². The highest BCUT2D eigenvalue weighted by atomic mass is 32.2. The Morgan fingerprint density at radius 2 is 1.85 bits per heavy atom. The molecule has 0 aromatic rings. The summed E-state index contributed by atoms with van der Waals surface area (Å²) in [6.45, 7) is 6.76. The Hall–Kier alpha value is -0.680. The molecule has 0 spiro atoms. The van der Waals surface area contributed by atoms with E-state index in [9.17, 15) is 9.59 Å². The molecule has 1 saturated carbocycles. The van der Waals surface area contributed by atoms with Crippen LogP contribution >= 0.6 is 23.5 Å². The van der Waals surface area contributed by atoms with Crippen molar-refractivity contribution in [3.05, 3.63) is 22.9 Å². The van der Waals surface area contributed by atoms with Crippen LogP contribution in [0, 0.1) is 11.3 Å². The molecule has 2 fully saturated rings. The Kier molecular flexibility index (Phi) is 7.18. The van der Waals surface area contributed by atoms with E-state index >= 15 is 0 Å². The molecule has 3 rings (SSSR count). The number of carbonyl (C=O) groups is 2. The summed E-state index contributed by atoms with van der Waals surface area (Å²) in [7, 11) is 0. The molecule has 0 N–H and O–H groups in total. The van der Waals surface area contributed by atoms with Crippen molar-refractivity contribution in [1.29, 1.82) is 0 Å². The van der Waals surface area contributed by atoms with Crippen LogP contribution in [0.3, 0.4) is 0 Å². The van der Waals surface area contributed by atoms with Gasteiger partial charge < -0.3 is 4.90 Å². The molecule has 3 aliphatic rings. The summed E-state index contributed by atoms with van der Waals surface area (Å²) in [6.07, 6.45) is 9.95. The average Bonchev–Trinajstić information content (AvgIpc) is 3.22. The molecule has 1 aliphatic heterocycles. The predicted molar refractivity (Wildman–Crippen MR) is 117 cm³/mol. The molecule has 27 heavy (non-hydrogen) atoms. The summed E-state index contributed by atoms with van der Waals surface area (Å²) < 4.78 is 0. The van der Waals surface area contributed by atoms with Crippen molar-refractivity contribution in [2.24, 2.45) is 11.3 Å². The zero-order valence-corrected chi connectivity index (χ0v) is 18.6. The van der Waals surface area contributed by atoms with E-state index in [1.165, 1.54) is 18.5 Å². The molecule has 1 saturated heterocycles. The minimum atomic E-state index is -0.0875. The first-order valence-electron chi connectivity index (χ1n) is 10.2. The number of hydrogen-bond donors (Lipinski definition) is 0. The van der Waals surface area contributed by atoms with Gasteiger partial charge in [0.05, 0.1) is 5.57 Å². The number of Topliss-reactive ketones (excluding diaryl/α,β-unsaturated/α-hetero) is 2. The second kappa shape index (κ2) is 9.21. The van der Waals surface area contributed by atoms with Gasteiger partial charge in [0.1, 0.15) is 0 Å². The average molecular weight is 408 g/mol. The first kappa shape index (κ1) is 21.0. The molecule has 5 heteroatoms. The van der Waals surface area contributed by atoms with Gasteiger partial charge in [-0.1, -0.05) is 13.8 Å². The standard InChI is InChI=1S/C22H33NO2S2/c1-22(2)14-17(12-18(15-22)23-7-4-5-8-23)20-19(24)13-16(21(20)25)6-9-27-11-10-26-3/h12,16H,4-11,13-15H2,1-3H3/b20-17+. The number of nitrogens with zero attached hydrogens (tertiary/aromatic N) is 1. The van der Waals surface area contributed by atoms with Gasteiger partial charge in [0.15, 0.2) is 11.6 Å². The minimum Gasteiger partial charge on any atom is -0.375 e. The van der Waals surface area contributed by atoms with Crippen LogP contribution in [-0.2, 0) is 9.59 Å². The number of thioether (sulfide) groups is 2. The number of ketones is 2. The van der Waals surface area contributed by atoms with Gasteiger partial charge in [-0.2, -0.15) is 23.5 Å². The van der Waals surface area contributed by atoms with Crippen molar-refractivity contribution in [2.45, 2.75) is 52.4 Å². The van der Waals surface area contributed by atoms with Gasteiger partial charge in [-0.05, 0) is 61.2 Å². The van der Waals surface area contributed by atoms with Crippen molar-refractivity contribution in [1.82, 2.24) is 4.90 Å². The maximum Gasteiger partial charge on any atom is 0.170 e. The topological polar surface area (TPSA) is 37.4 Å². The Bertz CT molecular complexity index is 645. The Morgan fingerprint density at radius 3 is 2.56 bits per heavy atom. The summed E-state index contributed by atoms with van der Waals surface area (Å²) in [5.74, 6) is 3.37. The second-order valence-corrected chi connectivity index (χ2v) is 11.0. The van der Waals surface area contributed by atoms with Crippen LogP contribution in [0.15, 0.2) is 22.9 Å². The van der Waals surface area contributed by atoms with Crippen LogP contribution in [-0.4, -0.2) is 53.1 Å². The Morgan fingerprint density at radius 1 is 1.11 bits per heavy atom. The van der Waals surface area contributed by atoms with Gasteiger partial charge in [-0.3, -0.25) is 9.59 Å². The normalized spacial score (nSPS) is 28.2. The third-order valence-electron chi connectivity index (χ3n) is 5.87. The van der Waals surface area contributed by atoms with Gasteiger partial charge in [0.25, 0.3) is 0 Å². The van der Waals surface area contributed by atoms with Crippen molar-refractivity contribution in [3.8, 4) is 0 Å². The Labute approximate surface area is 172 Å². The lowest BCUT2D eigenvalue weighted by molar-refractivity contribution is -0.118. The summed E-state index contributed by atoms with van der Waals surface area (Å²) in [6, 6.07) is 0. The highest BCUT2D eigenvalue weighted by molar-refractivity contribution is 8.02. The van der Waals surface area contributed by atoms with E-state index < -0.39 is 0 Å². The number of allylic oxidation sites excluding steroid dienone is 4. The predicted octanol–water partition coefficient (Wildman–Crippen LogP) is 4.73. The largest absolute Gasteiger partial charge is 0.375 e. The molecule has 150 valence electrons. The fourth-order valence-corrected chi connectivity index (χ4v) is 6.33. The number of hydrogen-bond acceptors (Lipinski definition) is 5. The maximum absolute atomic E-state index is 13.0. The molecule has 0 radical (unpaired) electrons.